The molecule has 1 aliphatic carbocycles. The summed E-state index contributed by atoms with van der Waals surface area (Å²) in [5.74, 6) is 0.0230. The van der Waals surface area contributed by atoms with Gasteiger partial charge in [0.25, 0.3) is 11.6 Å². The molecule has 1 heterocycles. The zero-order valence-electron chi connectivity index (χ0n) is 14.3. The van der Waals surface area contributed by atoms with E-state index in [9.17, 15) is 14.9 Å². The minimum atomic E-state index is -0.588. The molecular weight excluding hydrogens is 417 g/mol. The van der Waals surface area contributed by atoms with Crippen LogP contribution >= 0.6 is 35.6 Å². The molecular formula is C16H18Cl3N5O3. The molecule has 0 spiro atoms. The summed E-state index contributed by atoms with van der Waals surface area (Å²) in [6.07, 6.45) is 3.59. The Labute approximate surface area is 171 Å². The SMILES string of the molecule is CC(CN)(NC(=O)c1ccn(-c2c(Cl)cc([N+](=O)[O-])cc2Cl)n1)C1CC1.Cl. The van der Waals surface area contributed by atoms with Crippen molar-refractivity contribution < 1.29 is 9.72 Å². The molecule has 1 amide bonds. The monoisotopic (exact) mass is 433 g/mol. The molecule has 1 aromatic heterocycles. The number of nitrogens with two attached hydrogens (primary N) is 1. The van der Waals surface area contributed by atoms with E-state index < -0.39 is 10.5 Å². The molecule has 3 N–H and O–H groups in total. The molecule has 27 heavy (non-hydrogen) atoms. The van der Waals surface area contributed by atoms with Crippen LogP contribution in [0.15, 0.2) is 24.4 Å². The Morgan fingerprint density at radius 3 is 2.52 bits per heavy atom. The molecule has 0 saturated heterocycles. The van der Waals surface area contributed by atoms with E-state index in [4.69, 9.17) is 28.9 Å². The lowest BCUT2D eigenvalue weighted by Gasteiger charge is -2.29. The molecule has 146 valence electrons. The number of aromatic nitrogens is 2. The van der Waals surface area contributed by atoms with Gasteiger partial charge in [-0.1, -0.05) is 23.2 Å². The van der Waals surface area contributed by atoms with Gasteiger partial charge in [0, 0.05) is 24.9 Å². The largest absolute Gasteiger partial charge is 0.344 e. The van der Waals surface area contributed by atoms with Crippen molar-refractivity contribution in [1.82, 2.24) is 15.1 Å². The lowest BCUT2D eigenvalue weighted by atomic mass is 9.96. The number of non-ortho nitro benzene ring substituents is 1. The molecule has 1 aliphatic rings. The standard InChI is InChI=1S/C16H17Cl2N5O3.ClH/c1-16(8-19,9-2-3-9)20-15(24)13-4-5-22(21-13)14-11(17)6-10(23(25)26)7-12(14)18;/h4-7,9H,2-3,8,19H2,1H3,(H,20,24);1H. The summed E-state index contributed by atoms with van der Waals surface area (Å²) in [6, 6.07) is 3.89. The van der Waals surface area contributed by atoms with Gasteiger partial charge in [0.05, 0.1) is 20.5 Å². The summed E-state index contributed by atoms with van der Waals surface area (Å²) in [7, 11) is 0. The topological polar surface area (TPSA) is 116 Å². The Balaban J connectivity index is 0.00000261. The number of carbonyl (C=O) groups excluding carboxylic acids is 1. The molecule has 3 rings (SSSR count). The second-order valence-corrected chi connectivity index (χ2v) is 7.33. The first-order valence-electron chi connectivity index (χ1n) is 7.97. The van der Waals surface area contributed by atoms with Gasteiger partial charge >= 0.3 is 0 Å². The quantitative estimate of drug-likeness (QED) is 0.534. The van der Waals surface area contributed by atoms with Crippen LogP contribution in [0.4, 0.5) is 5.69 Å². The highest BCUT2D eigenvalue weighted by atomic mass is 35.5. The van der Waals surface area contributed by atoms with Crippen molar-refractivity contribution >= 4 is 47.2 Å². The number of rotatable bonds is 6. The summed E-state index contributed by atoms with van der Waals surface area (Å²) < 4.78 is 1.32. The maximum atomic E-state index is 12.5. The maximum Gasteiger partial charge on any atom is 0.272 e. The van der Waals surface area contributed by atoms with E-state index in [1.807, 2.05) is 6.92 Å². The van der Waals surface area contributed by atoms with Crippen LogP contribution in [0.1, 0.15) is 30.3 Å². The van der Waals surface area contributed by atoms with E-state index in [-0.39, 0.29) is 45.4 Å². The smallest absolute Gasteiger partial charge is 0.272 e. The minimum absolute atomic E-state index is 0. The van der Waals surface area contributed by atoms with Crippen molar-refractivity contribution in [3.63, 3.8) is 0 Å². The van der Waals surface area contributed by atoms with Crippen molar-refractivity contribution in [2.45, 2.75) is 25.3 Å². The summed E-state index contributed by atoms with van der Waals surface area (Å²) in [5, 5.41) is 18.1. The third-order valence-corrected chi connectivity index (χ3v) is 5.14. The van der Waals surface area contributed by atoms with Crippen LogP contribution in [0.2, 0.25) is 10.0 Å². The van der Waals surface area contributed by atoms with Crippen molar-refractivity contribution in [3.8, 4) is 5.69 Å². The number of amides is 1. The number of hydrogen-bond acceptors (Lipinski definition) is 5. The fraction of sp³-hybridized carbons (Fsp3) is 0.375. The summed E-state index contributed by atoms with van der Waals surface area (Å²) in [6.45, 7) is 2.26. The number of nitro benzene ring substituents is 1. The minimum Gasteiger partial charge on any atom is -0.344 e. The van der Waals surface area contributed by atoms with Crippen LogP contribution in [0.5, 0.6) is 0 Å². The van der Waals surface area contributed by atoms with E-state index >= 15 is 0 Å². The number of halogens is 3. The predicted molar refractivity (Wildman–Crippen MR) is 105 cm³/mol. The summed E-state index contributed by atoms with van der Waals surface area (Å²) in [4.78, 5) is 22.8. The van der Waals surface area contributed by atoms with E-state index in [1.165, 1.54) is 29.1 Å². The second-order valence-electron chi connectivity index (χ2n) is 6.51. The van der Waals surface area contributed by atoms with Gasteiger partial charge in [0.15, 0.2) is 5.69 Å². The first-order valence-corrected chi connectivity index (χ1v) is 8.73. The zero-order chi connectivity index (χ0) is 19.1. The molecule has 8 nitrogen and oxygen atoms in total. The number of nitrogens with one attached hydrogen (secondary N) is 1. The van der Waals surface area contributed by atoms with Gasteiger partial charge in [0.1, 0.15) is 5.69 Å². The summed E-state index contributed by atoms with van der Waals surface area (Å²) in [5.41, 5.74) is 5.57. The highest BCUT2D eigenvalue weighted by Gasteiger charge is 2.41. The van der Waals surface area contributed by atoms with Crippen molar-refractivity contribution in [1.29, 1.82) is 0 Å². The molecule has 2 aromatic rings. The number of nitro groups is 1. The second kappa shape index (κ2) is 8.02. The Bertz CT molecular complexity index is 861. The van der Waals surface area contributed by atoms with Crippen LogP contribution in [0, 0.1) is 16.0 Å². The highest BCUT2D eigenvalue weighted by Crippen LogP contribution is 2.39. The molecule has 1 atom stereocenters. The molecule has 0 aliphatic heterocycles. The Hall–Kier alpha value is -1.87. The van der Waals surface area contributed by atoms with Gasteiger partial charge < -0.3 is 11.1 Å². The van der Waals surface area contributed by atoms with Crippen LogP contribution in [-0.4, -0.2) is 32.7 Å². The number of hydrogen-bond donors (Lipinski definition) is 2. The molecule has 1 aromatic carbocycles. The van der Waals surface area contributed by atoms with Gasteiger partial charge in [-0.05, 0) is 31.7 Å². The maximum absolute atomic E-state index is 12.5. The highest BCUT2D eigenvalue weighted by molar-refractivity contribution is 6.38. The first kappa shape index (κ1) is 21.4. The first-order chi connectivity index (χ1) is 12.2. The lowest BCUT2D eigenvalue weighted by molar-refractivity contribution is -0.384. The Morgan fingerprint density at radius 2 is 2.04 bits per heavy atom. The molecule has 1 saturated carbocycles. The Kier molecular flexibility index (Phi) is 6.36. The van der Waals surface area contributed by atoms with Crippen LogP contribution in [0.3, 0.4) is 0 Å². The van der Waals surface area contributed by atoms with Crippen LogP contribution in [-0.2, 0) is 0 Å². The number of nitrogens with zero attached hydrogens (tertiary/aromatic N) is 3. The van der Waals surface area contributed by atoms with E-state index in [1.54, 1.807) is 0 Å². The van der Waals surface area contributed by atoms with Crippen molar-refractivity contribution in [2.75, 3.05) is 6.54 Å². The van der Waals surface area contributed by atoms with Crippen LogP contribution < -0.4 is 11.1 Å². The van der Waals surface area contributed by atoms with Gasteiger partial charge in [-0.15, -0.1) is 12.4 Å². The third-order valence-electron chi connectivity index (χ3n) is 4.56. The average molecular weight is 435 g/mol. The van der Waals surface area contributed by atoms with Gasteiger partial charge in [-0.2, -0.15) is 5.10 Å². The zero-order valence-corrected chi connectivity index (χ0v) is 16.6. The van der Waals surface area contributed by atoms with Crippen molar-refractivity contribution in [2.24, 2.45) is 11.7 Å². The van der Waals surface area contributed by atoms with Gasteiger partial charge in [-0.25, -0.2) is 4.68 Å². The molecule has 1 unspecified atom stereocenters. The predicted octanol–water partition coefficient (Wildman–Crippen LogP) is 3.37. The molecule has 0 bridgehead atoms. The number of benzene rings is 1. The van der Waals surface area contributed by atoms with Crippen molar-refractivity contribution in [3.05, 3.63) is 50.2 Å². The van der Waals surface area contributed by atoms with E-state index in [0.29, 0.717) is 12.5 Å². The molecule has 11 heteroatoms. The Morgan fingerprint density at radius 1 is 1.44 bits per heavy atom. The van der Waals surface area contributed by atoms with E-state index in [2.05, 4.69) is 10.4 Å². The lowest BCUT2D eigenvalue weighted by Crippen LogP contribution is -2.53. The summed E-state index contributed by atoms with van der Waals surface area (Å²) >= 11 is 12.2. The molecule has 1 fully saturated rings. The van der Waals surface area contributed by atoms with Crippen LogP contribution in [0.25, 0.3) is 5.69 Å². The third kappa shape index (κ3) is 4.35. The van der Waals surface area contributed by atoms with E-state index in [0.717, 1.165) is 12.8 Å². The van der Waals surface area contributed by atoms with Gasteiger partial charge in [0.2, 0.25) is 0 Å². The fourth-order valence-corrected chi connectivity index (χ4v) is 3.46. The normalized spacial score (nSPS) is 15.6. The fourth-order valence-electron chi connectivity index (χ4n) is 2.81. The molecule has 0 radical (unpaired) electrons. The number of carbonyl (C=O) groups is 1. The van der Waals surface area contributed by atoms with Gasteiger partial charge in [-0.3, -0.25) is 14.9 Å². The average Bonchev–Trinajstić information content (AvgIpc) is 3.33.